The van der Waals surface area contributed by atoms with Gasteiger partial charge in [-0.25, -0.2) is 22.8 Å². The largest absolute Gasteiger partial charge is 0.322 e. The topological polar surface area (TPSA) is 106 Å². The highest BCUT2D eigenvalue weighted by Gasteiger charge is 2.29. The maximum atomic E-state index is 13.2. The Morgan fingerprint density at radius 3 is 2.47 bits per heavy atom. The van der Waals surface area contributed by atoms with Gasteiger partial charge in [-0.15, -0.1) is 0 Å². The zero-order valence-electron chi connectivity index (χ0n) is 15.8. The molecule has 1 aliphatic rings. The van der Waals surface area contributed by atoms with Crippen LogP contribution in [0.25, 0.3) is 5.95 Å². The predicted molar refractivity (Wildman–Crippen MR) is 111 cm³/mol. The summed E-state index contributed by atoms with van der Waals surface area (Å²) < 4.78 is 40.1. The number of halogens is 2. The Labute approximate surface area is 177 Å². The van der Waals surface area contributed by atoms with Crippen molar-refractivity contribution in [3.63, 3.8) is 0 Å². The molecule has 2 heterocycles. The van der Waals surface area contributed by atoms with Crippen LogP contribution in [0.2, 0.25) is 5.02 Å². The molecule has 30 heavy (non-hydrogen) atoms. The number of benzene rings is 1. The third-order valence-corrected chi connectivity index (χ3v) is 5.21. The SMILES string of the molecule is CS(=O)(=O)Nc1cc(Cl)cc(NC(=O)c2cc(C3CC3)n(-c3ncc(F)cn3)c2)c1. The molecule has 0 saturated heterocycles. The van der Waals surface area contributed by atoms with E-state index in [2.05, 4.69) is 20.0 Å². The highest BCUT2D eigenvalue weighted by atomic mass is 35.5. The highest BCUT2D eigenvalue weighted by molar-refractivity contribution is 7.92. The lowest BCUT2D eigenvalue weighted by atomic mass is 10.2. The molecule has 4 rings (SSSR count). The second-order valence-corrected chi connectivity index (χ2v) is 9.24. The normalized spacial score (nSPS) is 13.8. The molecular weight excluding hydrogens is 433 g/mol. The molecule has 1 fully saturated rings. The molecule has 11 heteroatoms. The number of hydrogen-bond acceptors (Lipinski definition) is 5. The minimum atomic E-state index is -3.50. The number of carbonyl (C=O) groups is 1. The third kappa shape index (κ3) is 4.77. The lowest BCUT2D eigenvalue weighted by Gasteiger charge is -2.09. The maximum Gasteiger partial charge on any atom is 0.257 e. The van der Waals surface area contributed by atoms with Crippen molar-refractivity contribution in [3.05, 3.63) is 65.0 Å². The van der Waals surface area contributed by atoms with E-state index < -0.39 is 21.7 Å². The van der Waals surface area contributed by atoms with Gasteiger partial charge in [0.15, 0.2) is 5.82 Å². The molecule has 0 bridgehead atoms. The van der Waals surface area contributed by atoms with Crippen molar-refractivity contribution in [2.45, 2.75) is 18.8 Å². The van der Waals surface area contributed by atoms with Crippen LogP contribution in [0.3, 0.4) is 0 Å². The van der Waals surface area contributed by atoms with Crippen LogP contribution in [-0.4, -0.2) is 35.1 Å². The van der Waals surface area contributed by atoms with Crippen LogP contribution in [0.15, 0.2) is 42.9 Å². The Morgan fingerprint density at radius 2 is 1.83 bits per heavy atom. The molecule has 0 unspecified atom stereocenters. The van der Waals surface area contributed by atoms with E-state index in [9.17, 15) is 17.6 Å². The molecule has 156 valence electrons. The molecule has 1 saturated carbocycles. The van der Waals surface area contributed by atoms with Crippen molar-refractivity contribution in [1.29, 1.82) is 0 Å². The van der Waals surface area contributed by atoms with Crippen molar-refractivity contribution < 1.29 is 17.6 Å². The number of carbonyl (C=O) groups excluding carboxylic acids is 1. The molecule has 2 N–H and O–H groups in total. The van der Waals surface area contributed by atoms with Crippen molar-refractivity contribution >= 4 is 38.9 Å². The molecule has 8 nitrogen and oxygen atoms in total. The first-order chi connectivity index (χ1) is 14.2. The molecule has 0 atom stereocenters. The summed E-state index contributed by atoms with van der Waals surface area (Å²) in [4.78, 5) is 20.8. The third-order valence-electron chi connectivity index (χ3n) is 4.39. The lowest BCUT2D eigenvalue weighted by Crippen LogP contribution is -2.13. The average Bonchev–Trinajstić information content (AvgIpc) is 3.39. The quantitative estimate of drug-likeness (QED) is 0.598. The monoisotopic (exact) mass is 449 g/mol. The number of amides is 1. The van der Waals surface area contributed by atoms with E-state index in [1.54, 1.807) is 16.8 Å². The van der Waals surface area contributed by atoms with Gasteiger partial charge in [0, 0.05) is 22.6 Å². The summed E-state index contributed by atoms with van der Waals surface area (Å²) in [6.45, 7) is 0. The van der Waals surface area contributed by atoms with Gasteiger partial charge < -0.3 is 5.32 Å². The van der Waals surface area contributed by atoms with Crippen LogP contribution in [0.1, 0.15) is 34.8 Å². The summed E-state index contributed by atoms with van der Waals surface area (Å²) in [7, 11) is -3.50. The Bertz CT molecular complexity index is 1220. The number of sulfonamides is 1. The van der Waals surface area contributed by atoms with Crippen LogP contribution >= 0.6 is 11.6 Å². The summed E-state index contributed by atoms with van der Waals surface area (Å²) >= 11 is 6.04. The molecule has 2 aromatic heterocycles. The van der Waals surface area contributed by atoms with Gasteiger partial charge in [0.05, 0.1) is 29.9 Å². The molecule has 1 amide bonds. The number of hydrogen-bond donors (Lipinski definition) is 2. The zero-order valence-corrected chi connectivity index (χ0v) is 17.3. The molecule has 1 aromatic carbocycles. The van der Waals surface area contributed by atoms with Gasteiger partial charge in [-0.05, 0) is 43.0 Å². The summed E-state index contributed by atoms with van der Waals surface area (Å²) in [5.41, 5.74) is 1.80. The average molecular weight is 450 g/mol. The summed E-state index contributed by atoms with van der Waals surface area (Å²) in [5, 5.41) is 2.97. The standard InChI is InChI=1S/C19H17ClFN5O3S/c1-30(28,29)25-16-6-13(20)5-15(7-16)24-18(27)12-4-17(11-2-3-11)26(10-12)19-22-8-14(21)9-23-19/h4-11,25H,2-3H2,1H3,(H,24,27). The van der Waals surface area contributed by atoms with E-state index in [1.165, 1.54) is 18.2 Å². The Balaban J connectivity index is 1.61. The molecular formula is C19H17ClFN5O3S. The van der Waals surface area contributed by atoms with Crippen molar-refractivity contribution in [2.75, 3.05) is 16.3 Å². The Hall–Kier alpha value is -2.98. The van der Waals surface area contributed by atoms with Gasteiger partial charge in [0.1, 0.15) is 0 Å². The van der Waals surface area contributed by atoms with Crippen molar-refractivity contribution in [1.82, 2.24) is 14.5 Å². The van der Waals surface area contributed by atoms with Crippen LogP contribution < -0.4 is 10.0 Å². The summed E-state index contributed by atoms with van der Waals surface area (Å²) in [5.74, 6) is -0.390. The number of anilines is 2. The minimum absolute atomic E-state index is 0.233. The molecule has 0 radical (unpaired) electrons. The summed E-state index contributed by atoms with van der Waals surface area (Å²) in [6.07, 6.45) is 6.73. The summed E-state index contributed by atoms with van der Waals surface area (Å²) in [6, 6.07) is 6.16. The predicted octanol–water partition coefficient (Wildman–Crippen LogP) is 3.56. The van der Waals surface area contributed by atoms with Gasteiger partial charge in [0.25, 0.3) is 5.91 Å². The van der Waals surface area contributed by atoms with Crippen molar-refractivity contribution in [2.24, 2.45) is 0 Å². The minimum Gasteiger partial charge on any atom is -0.322 e. The number of rotatable bonds is 6. The van der Waals surface area contributed by atoms with E-state index in [0.29, 0.717) is 11.3 Å². The van der Waals surface area contributed by atoms with Crippen LogP contribution in [0.5, 0.6) is 0 Å². The Kier molecular flexibility index (Phi) is 5.20. The number of aromatic nitrogens is 3. The zero-order chi connectivity index (χ0) is 21.5. The fourth-order valence-electron chi connectivity index (χ4n) is 3.04. The first-order valence-corrected chi connectivity index (χ1v) is 11.2. The highest BCUT2D eigenvalue weighted by Crippen LogP contribution is 2.41. The molecule has 3 aromatic rings. The van der Waals surface area contributed by atoms with Crippen LogP contribution in [0, 0.1) is 5.82 Å². The number of nitrogens with zero attached hydrogens (tertiary/aromatic N) is 3. The first kappa shape index (κ1) is 20.3. The first-order valence-electron chi connectivity index (χ1n) is 8.98. The molecule has 0 aliphatic heterocycles. The van der Waals surface area contributed by atoms with Crippen LogP contribution in [0.4, 0.5) is 15.8 Å². The Morgan fingerprint density at radius 1 is 1.17 bits per heavy atom. The van der Waals surface area contributed by atoms with E-state index >= 15 is 0 Å². The van der Waals surface area contributed by atoms with Crippen molar-refractivity contribution in [3.8, 4) is 5.95 Å². The second kappa shape index (κ2) is 7.69. The number of nitrogens with one attached hydrogen (secondary N) is 2. The van der Waals surface area contributed by atoms with Gasteiger partial charge in [-0.3, -0.25) is 14.1 Å². The lowest BCUT2D eigenvalue weighted by molar-refractivity contribution is 0.102. The van der Waals surface area contributed by atoms with E-state index in [0.717, 1.165) is 37.2 Å². The molecule has 1 aliphatic carbocycles. The van der Waals surface area contributed by atoms with Gasteiger partial charge in [-0.1, -0.05) is 11.6 Å². The maximum absolute atomic E-state index is 13.2. The van der Waals surface area contributed by atoms with E-state index in [-0.39, 0.29) is 22.6 Å². The van der Waals surface area contributed by atoms with Gasteiger partial charge >= 0.3 is 0 Å². The van der Waals surface area contributed by atoms with E-state index in [4.69, 9.17) is 11.6 Å². The van der Waals surface area contributed by atoms with Gasteiger partial charge in [-0.2, -0.15) is 0 Å². The smallest absolute Gasteiger partial charge is 0.257 e. The fourth-order valence-corrected chi connectivity index (χ4v) is 3.82. The fraction of sp³-hybridized carbons (Fsp3) is 0.211. The van der Waals surface area contributed by atoms with E-state index in [1.807, 2.05) is 0 Å². The second-order valence-electron chi connectivity index (χ2n) is 7.06. The van der Waals surface area contributed by atoms with Crippen LogP contribution in [-0.2, 0) is 10.0 Å². The molecule has 0 spiro atoms. The van der Waals surface area contributed by atoms with Gasteiger partial charge in [0.2, 0.25) is 16.0 Å².